The van der Waals surface area contributed by atoms with Crippen LogP contribution in [-0.2, 0) is 14.8 Å². The van der Waals surface area contributed by atoms with Gasteiger partial charge in [-0.1, -0.05) is 12.1 Å². The summed E-state index contributed by atoms with van der Waals surface area (Å²) in [4.78, 5) is 27.5. The zero-order chi connectivity index (χ0) is 19.9. The van der Waals surface area contributed by atoms with Crippen LogP contribution in [0.1, 0.15) is 5.76 Å². The monoisotopic (exact) mass is 415 g/mol. The van der Waals surface area contributed by atoms with Crippen molar-refractivity contribution in [2.45, 2.75) is 0 Å². The van der Waals surface area contributed by atoms with Crippen LogP contribution in [0.15, 0.2) is 52.0 Å². The second-order valence-electron chi connectivity index (χ2n) is 6.06. The van der Waals surface area contributed by atoms with Gasteiger partial charge in [0, 0.05) is 35.1 Å². The first-order valence-electron chi connectivity index (χ1n) is 7.99. The number of rotatable bonds is 4. The SMILES string of the molecule is CS(=O)(=O)Nc1cccc(-c2cncc3cc(/C=C4\SC(=O)NC4=O)oc23)c1. The Balaban J connectivity index is 1.76. The predicted octanol–water partition coefficient (Wildman–Crippen LogP) is 3.19. The second-order valence-corrected chi connectivity index (χ2v) is 8.82. The van der Waals surface area contributed by atoms with E-state index in [-0.39, 0.29) is 4.91 Å². The number of carbonyl (C=O) groups is 2. The number of imide groups is 1. The Hall–Kier alpha value is -3.11. The van der Waals surface area contributed by atoms with Gasteiger partial charge in [-0.25, -0.2) is 8.42 Å². The minimum Gasteiger partial charge on any atom is -0.456 e. The Bertz CT molecular complexity index is 1260. The maximum atomic E-state index is 11.7. The van der Waals surface area contributed by atoms with E-state index in [1.807, 2.05) is 6.07 Å². The molecule has 0 atom stereocenters. The van der Waals surface area contributed by atoms with Crippen LogP contribution in [0.4, 0.5) is 10.5 Å². The van der Waals surface area contributed by atoms with E-state index < -0.39 is 21.2 Å². The zero-order valence-electron chi connectivity index (χ0n) is 14.4. The molecule has 1 fully saturated rings. The molecule has 3 heterocycles. The van der Waals surface area contributed by atoms with Crippen molar-refractivity contribution >= 4 is 55.7 Å². The number of hydrogen-bond donors (Lipinski definition) is 2. The molecule has 2 amide bonds. The first-order valence-corrected chi connectivity index (χ1v) is 10.7. The molecule has 1 aliphatic rings. The number of thioether (sulfide) groups is 1. The Morgan fingerprint density at radius 1 is 1.21 bits per heavy atom. The van der Waals surface area contributed by atoms with E-state index in [1.54, 1.807) is 36.7 Å². The molecule has 28 heavy (non-hydrogen) atoms. The first-order chi connectivity index (χ1) is 13.3. The fourth-order valence-electron chi connectivity index (χ4n) is 2.77. The lowest BCUT2D eigenvalue weighted by Gasteiger charge is -2.07. The van der Waals surface area contributed by atoms with Gasteiger partial charge in [0.2, 0.25) is 10.0 Å². The van der Waals surface area contributed by atoms with Crippen LogP contribution >= 0.6 is 11.8 Å². The van der Waals surface area contributed by atoms with E-state index in [0.29, 0.717) is 33.5 Å². The highest BCUT2D eigenvalue weighted by molar-refractivity contribution is 8.18. The normalized spacial score (nSPS) is 16.0. The Morgan fingerprint density at radius 3 is 2.75 bits per heavy atom. The summed E-state index contributed by atoms with van der Waals surface area (Å²) >= 11 is 0.807. The van der Waals surface area contributed by atoms with Gasteiger partial charge in [0.25, 0.3) is 11.1 Å². The molecule has 10 heteroatoms. The smallest absolute Gasteiger partial charge is 0.290 e. The van der Waals surface area contributed by atoms with E-state index in [1.165, 1.54) is 6.08 Å². The third kappa shape index (κ3) is 3.78. The zero-order valence-corrected chi connectivity index (χ0v) is 16.1. The molecule has 1 aromatic carbocycles. The molecular formula is C18H13N3O5S2. The number of nitrogens with one attached hydrogen (secondary N) is 2. The number of pyridine rings is 1. The van der Waals surface area contributed by atoms with E-state index in [0.717, 1.165) is 18.0 Å². The quantitative estimate of drug-likeness (QED) is 0.628. The highest BCUT2D eigenvalue weighted by atomic mass is 32.2. The molecule has 4 rings (SSSR count). The first kappa shape index (κ1) is 18.3. The lowest BCUT2D eigenvalue weighted by molar-refractivity contribution is -0.115. The standard InChI is InChI=1S/C18H13N3O5S2/c1-28(24,25)21-12-4-2-3-10(5-12)14-9-19-8-11-6-13(26-16(11)14)7-15-17(22)20-18(23)27-15/h2-9,21H,1H3,(H,20,22,23)/b15-7-. The number of benzene rings is 1. The number of carbonyl (C=O) groups excluding carboxylic acids is 2. The number of aromatic nitrogens is 1. The average Bonchev–Trinajstić information content (AvgIpc) is 3.15. The molecule has 142 valence electrons. The van der Waals surface area contributed by atoms with Gasteiger partial charge in [-0.05, 0) is 35.5 Å². The van der Waals surface area contributed by atoms with Crippen LogP contribution < -0.4 is 10.0 Å². The third-order valence-electron chi connectivity index (χ3n) is 3.83. The van der Waals surface area contributed by atoms with Gasteiger partial charge < -0.3 is 4.42 Å². The fraction of sp³-hybridized carbons (Fsp3) is 0.0556. The summed E-state index contributed by atoms with van der Waals surface area (Å²) in [6.45, 7) is 0. The highest BCUT2D eigenvalue weighted by Crippen LogP contribution is 2.33. The van der Waals surface area contributed by atoms with Gasteiger partial charge in [-0.15, -0.1) is 0 Å². The topological polar surface area (TPSA) is 118 Å². The number of amides is 2. The molecule has 1 aliphatic heterocycles. The predicted molar refractivity (Wildman–Crippen MR) is 107 cm³/mol. The minimum atomic E-state index is -3.40. The van der Waals surface area contributed by atoms with E-state index >= 15 is 0 Å². The fourth-order valence-corrected chi connectivity index (χ4v) is 3.99. The number of anilines is 1. The summed E-state index contributed by atoms with van der Waals surface area (Å²) in [5.41, 5.74) is 2.33. The molecule has 0 saturated carbocycles. The Labute approximate surface area is 164 Å². The number of nitrogens with zero attached hydrogens (tertiary/aromatic N) is 1. The molecule has 0 bridgehead atoms. The van der Waals surface area contributed by atoms with Crippen molar-refractivity contribution < 1.29 is 22.4 Å². The maximum absolute atomic E-state index is 11.7. The molecule has 1 saturated heterocycles. The summed E-state index contributed by atoms with van der Waals surface area (Å²) < 4.78 is 31.3. The summed E-state index contributed by atoms with van der Waals surface area (Å²) in [7, 11) is -3.40. The van der Waals surface area contributed by atoms with Crippen molar-refractivity contribution in [3.8, 4) is 11.1 Å². The molecule has 3 aromatic rings. The van der Waals surface area contributed by atoms with Crippen molar-refractivity contribution in [2.75, 3.05) is 11.0 Å². The number of sulfonamides is 1. The third-order valence-corrected chi connectivity index (χ3v) is 5.25. The number of fused-ring (bicyclic) bond motifs is 1. The van der Waals surface area contributed by atoms with Crippen molar-refractivity contribution in [1.82, 2.24) is 10.3 Å². The van der Waals surface area contributed by atoms with E-state index in [4.69, 9.17) is 4.42 Å². The Morgan fingerprint density at radius 2 is 2.04 bits per heavy atom. The molecule has 0 spiro atoms. The largest absolute Gasteiger partial charge is 0.456 e. The van der Waals surface area contributed by atoms with Gasteiger partial charge in [0.15, 0.2) is 0 Å². The van der Waals surface area contributed by atoms with Crippen molar-refractivity contribution in [2.24, 2.45) is 0 Å². The van der Waals surface area contributed by atoms with Gasteiger partial charge in [-0.2, -0.15) is 0 Å². The molecule has 0 aliphatic carbocycles. The van der Waals surface area contributed by atoms with Crippen LogP contribution in [0.5, 0.6) is 0 Å². The van der Waals surface area contributed by atoms with Gasteiger partial charge >= 0.3 is 0 Å². The van der Waals surface area contributed by atoms with Gasteiger partial charge in [0.1, 0.15) is 11.3 Å². The number of furan rings is 1. The summed E-state index contributed by atoms with van der Waals surface area (Å²) in [5.74, 6) is -0.0598. The summed E-state index contributed by atoms with van der Waals surface area (Å²) in [5, 5.41) is 2.47. The van der Waals surface area contributed by atoms with Crippen LogP contribution in [0.2, 0.25) is 0 Å². The van der Waals surface area contributed by atoms with E-state index in [9.17, 15) is 18.0 Å². The second kappa shape index (κ2) is 6.80. The summed E-state index contributed by atoms with van der Waals surface area (Å²) in [6, 6.07) is 8.57. The lowest BCUT2D eigenvalue weighted by atomic mass is 10.1. The van der Waals surface area contributed by atoms with Crippen LogP contribution in [-0.4, -0.2) is 30.8 Å². The van der Waals surface area contributed by atoms with Gasteiger partial charge in [0.05, 0.1) is 11.2 Å². The highest BCUT2D eigenvalue weighted by Gasteiger charge is 2.25. The van der Waals surface area contributed by atoms with Crippen LogP contribution in [0, 0.1) is 0 Å². The number of hydrogen-bond acceptors (Lipinski definition) is 7. The molecule has 2 aromatic heterocycles. The van der Waals surface area contributed by atoms with E-state index in [2.05, 4.69) is 15.0 Å². The van der Waals surface area contributed by atoms with Crippen molar-refractivity contribution in [1.29, 1.82) is 0 Å². The molecule has 2 N–H and O–H groups in total. The van der Waals surface area contributed by atoms with Crippen LogP contribution in [0.3, 0.4) is 0 Å². The van der Waals surface area contributed by atoms with Crippen LogP contribution in [0.25, 0.3) is 28.2 Å². The molecule has 0 radical (unpaired) electrons. The van der Waals surface area contributed by atoms with Crippen molar-refractivity contribution in [3.63, 3.8) is 0 Å². The van der Waals surface area contributed by atoms with Crippen molar-refractivity contribution in [3.05, 3.63) is 53.4 Å². The Kier molecular flexibility index (Phi) is 4.44. The van der Waals surface area contributed by atoms with Gasteiger partial charge in [-0.3, -0.25) is 24.6 Å². The summed E-state index contributed by atoms with van der Waals surface area (Å²) in [6.07, 6.45) is 5.81. The minimum absolute atomic E-state index is 0.248. The average molecular weight is 415 g/mol. The molecular weight excluding hydrogens is 402 g/mol. The molecule has 8 nitrogen and oxygen atoms in total. The maximum Gasteiger partial charge on any atom is 0.290 e. The molecule has 0 unspecified atom stereocenters. The lowest BCUT2D eigenvalue weighted by Crippen LogP contribution is -2.17.